The maximum absolute atomic E-state index is 13.3. The fraction of sp³-hybridized carbons (Fsp3) is 0.200. The Labute approximate surface area is 217 Å². The first-order chi connectivity index (χ1) is 16.4. The van der Waals surface area contributed by atoms with E-state index in [-0.39, 0.29) is 34.1 Å². The zero-order chi connectivity index (χ0) is 24.2. The Bertz CT molecular complexity index is 1230. The second-order valence-corrected chi connectivity index (χ2v) is 8.44. The summed E-state index contributed by atoms with van der Waals surface area (Å²) in [6.45, 7) is 3.60. The van der Waals surface area contributed by atoms with Crippen LogP contribution in [0.5, 0.6) is 5.75 Å². The van der Waals surface area contributed by atoms with Crippen molar-refractivity contribution in [1.29, 1.82) is 0 Å². The average molecular weight is 558 g/mol. The number of esters is 1. The van der Waals surface area contributed by atoms with Crippen molar-refractivity contribution in [3.63, 3.8) is 0 Å². The molecule has 0 bridgehead atoms. The Hall–Kier alpha value is -3.37. The second-order valence-electron chi connectivity index (χ2n) is 7.43. The molecular weight excluding hydrogens is 534 g/mol. The number of amidine groups is 1. The van der Waals surface area contributed by atoms with Crippen LogP contribution >= 0.6 is 28.7 Å². The molecule has 35 heavy (non-hydrogen) atoms. The van der Waals surface area contributed by atoms with E-state index < -0.39 is 23.8 Å². The minimum Gasteiger partial charge on any atom is -0.497 e. The van der Waals surface area contributed by atoms with Crippen LogP contribution in [0, 0.1) is 0 Å². The summed E-state index contributed by atoms with van der Waals surface area (Å²) < 4.78 is 10.5. The van der Waals surface area contributed by atoms with Crippen LogP contribution in [0.2, 0.25) is 0 Å². The highest BCUT2D eigenvalue weighted by Gasteiger charge is 2.42. The molecule has 10 heteroatoms. The number of anilines is 1. The van der Waals surface area contributed by atoms with Crippen molar-refractivity contribution in [2.24, 2.45) is 4.99 Å². The number of aliphatic imine (C=N–C) groups is 1. The first-order valence-corrected chi connectivity index (χ1v) is 11.4. The van der Waals surface area contributed by atoms with Gasteiger partial charge in [-0.25, -0.2) is 9.79 Å². The molecule has 182 valence electrons. The zero-order valence-corrected chi connectivity index (χ0v) is 21.8. The highest BCUT2D eigenvalue weighted by atomic mass is 79.9. The van der Waals surface area contributed by atoms with Gasteiger partial charge in [-0.2, -0.15) is 0 Å². The largest absolute Gasteiger partial charge is 0.497 e. The lowest BCUT2D eigenvalue weighted by molar-refractivity contribution is -0.139. The number of rotatable bonds is 6. The number of halogens is 1. The molecule has 0 radical (unpaired) electrons. The van der Waals surface area contributed by atoms with Crippen LogP contribution in [0.15, 0.2) is 81.8 Å². The second kappa shape index (κ2) is 11.4. The number of fused-ring (bicyclic) bond motifs is 1. The number of amides is 2. The molecule has 2 aliphatic rings. The first kappa shape index (κ1) is 26.2. The molecule has 8 nitrogen and oxygen atoms in total. The van der Waals surface area contributed by atoms with E-state index in [1.807, 2.05) is 6.07 Å². The minimum absolute atomic E-state index is 0. The van der Waals surface area contributed by atoms with E-state index in [1.165, 1.54) is 11.0 Å². The van der Waals surface area contributed by atoms with Gasteiger partial charge in [-0.15, -0.1) is 17.0 Å². The molecule has 0 saturated carbocycles. The first-order valence-electron chi connectivity index (χ1n) is 10.6. The van der Waals surface area contributed by atoms with Gasteiger partial charge in [0.25, 0.3) is 11.8 Å². The highest BCUT2D eigenvalue weighted by molar-refractivity contribution is 8.93. The number of hydrogen-bond acceptors (Lipinski definition) is 7. The molecule has 0 fully saturated rings. The zero-order valence-electron chi connectivity index (χ0n) is 19.3. The molecule has 0 aromatic heterocycles. The van der Waals surface area contributed by atoms with Crippen LogP contribution in [-0.2, 0) is 19.1 Å². The van der Waals surface area contributed by atoms with Gasteiger partial charge in [0.15, 0.2) is 5.17 Å². The van der Waals surface area contributed by atoms with Crippen LogP contribution < -0.4 is 10.1 Å². The standard InChI is InChI=1S/C25H23N3O5S.BrH/c1-4-33-24(31)21-15(2)26-25-28(22(21)16-10-12-18(32-3)13-11-16)20(29)14-19(34-25)23(30)27-17-8-6-5-7-9-17;/h5-14,22H,4H2,1-3H3,(H,27,30);1H. The lowest BCUT2D eigenvalue weighted by Gasteiger charge is -2.38. The van der Waals surface area contributed by atoms with Gasteiger partial charge in [-0.05, 0) is 55.4 Å². The Morgan fingerprint density at radius 1 is 1.11 bits per heavy atom. The van der Waals surface area contributed by atoms with E-state index in [9.17, 15) is 14.4 Å². The molecule has 0 spiro atoms. The molecule has 4 rings (SSSR count). The smallest absolute Gasteiger partial charge is 0.338 e. The molecule has 1 atom stereocenters. The van der Waals surface area contributed by atoms with Gasteiger partial charge < -0.3 is 14.8 Å². The maximum atomic E-state index is 13.3. The summed E-state index contributed by atoms with van der Waals surface area (Å²) in [6.07, 6.45) is 1.27. The van der Waals surface area contributed by atoms with Crippen LogP contribution in [0.1, 0.15) is 25.5 Å². The molecule has 2 aromatic rings. The van der Waals surface area contributed by atoms with Gasteiger partial charge in [0.05, 0.1) is 35.9 Å². The van der Waals surface area contributed by atoms with Gasteiger partial charge >= 0.3 is 5.97 Å². The summed E-state index contributed by atoms with van der Waals surface area (Å²) in [7, 11) is 1.56. The summed E-state index contributed by atoms with van der Waals surface area (Å²) >= 11 is 1.08. The highest BCUT2D eigenvalue weighted by Crippen LogP contribution is 2.42. The van der Waals surface area contributed by atoms with E-state index in [4.69, 9.17) is 9.47 Å². The third-order valence-corrected chi connectivity index (χ3v) is 6.26. The predicted molar refractivity (Wildman–Crippen MR) is 140 cm³/mol. The molecule has 2 aliphatic heterocycles. The van der Waals surface area contributed by atoms with Gasteiger partial charge in [0, 0.05) is 11.8 Å². The van der Waals surface area contributed by atoms with Crippen LogP contribution in [-0.4, -0.2) is 41.6 Å². The number of methoxy groups -OCH3 is 1. The number of hydrogen-bond donors (Lipinski definition) is 1. The van der Waals surface area contributed by atoms with Crippen molar-refractivity contribution in [1.82, 2.24) is 4.90 Å². The third-order valence-electron chi connectivity index (χ3n) is 5.27. The van der Waals surface area contributed by atoms with Crippen LogP contribution in [0.3, 0.4) is 0 Å². The lowest BCUT2D eigenvalue weighted by Crippen LogP contribution is -2.45. The molecule has 2 amide bonds. The van der Waals surface area contributed by atoms with E-state index in [0.29, 0.717) is 27.9 Å². The molecule has 1 N–H and O–H groups in total. The van der Waals surface area contributed by atoms with E-state index in [0.717, 1.165) is 11.8 Å². The summed E-state index contributed by atoms with van der Waals surface area (Å²) in [5.41, 5.74) is 2.01. The Morgan fingerprint density at radius 2 is 1.80 bits per heavy atom. The molecule has 1 unspecified atom stereocenters. The number of nitrogens with zero attached hydrogens (tertiary/aromatic N) is 2. The Morgan fingerprint density at radius 3 is 2.43 bits per heavy atom. The van der Waals surface area contributed by atoms with Gasteiger partial charge in [0.1, 0.15) is 5.75 Å². The van der Waals surface area contributed by atoms with Gasteiger partial charge in [-0.3, -0.25) is 14.5 Å². The number of carbonyl (C=O) groups is 3. The van der Waals surface area contributed by atoms with E-state index >= 15 is 0 Å². The molecule has 0 aliphatic carbocycles. The fourth-order valence-corrected chi connectivity index (χ4v) is 4.67. The van der Waals surface area contributed by atoms with Crippen molar-refractivity contribution in [2.45, 2.75) is 19.9 Å². The van der Waals surface area contributed by atoms with Crippen LogP contribution in [0.25, 0.3) is 0 Å². The fourth-order valence-electron chi connectivity index (χ4n) is 3.69. The predicted octanol–water partition coefficient (Wildman–Crippen LogP) is 4.62. The van der Waals surface area contributed by atoms with Crippen molar-refractivity contribution >= 4 is 57.4 Å². The normalized spacial score (nSPS) is 16.9. The third kappa shape index (κ3) is 5.49. The number of ether oxygens (including phenoxy) is 2. The maximum Gasteiger partial charge on any atom is 0.338 e. The number of para-hydroxylation sites is 1. The van der Waals surface area contributed by atoms with Crippen molar-refractivity contribution < 1.29 is 23.9 Å². The number of nitrogens with one attached hydrogen (secondary N) is 1. The molecule has 0 saturated heterocycles. The van der Waals surface area contributed by atoms with E-state index in [1.54, 1.807) is 69.5 Å². The SMILES string of the molecule is Br.CCOC(=O)C1=C(C)N=C2SC(C(=O)Nc3ccccc3)=CC(=O)N2C1c1ccc(OC)cc1. The van der Waals surface area contributed by atoms with E-state index in [2.05, 4.69) is 10.3 Å². The van der Waals surface area contributed by atoms with Crippen molar-refractivity contribution in [3.05, 3.63) is 82.4 Å². The van der Waals surface area contributed by atoms with Gasteiger partial charge in [-0.1, -0.05) is 30.3 Å². The summed E-state index contributed by atoms with van der Waals surface area (Å²) in [4.78, 5) is 45.1. The monoisotopic (exact) mass is 557 g/mol. The quantitative estimate of drug-likeness (QED) is 0.520. The molecule has 2 heterocycles. The molecule has 2 aromatic carbocycles. The Kier molecular flexibility index (Phi) is 8.52. The van der Waals surface area contributed by atoms with Crippen molar-refractivity contribution in [3.8, 4) is 5.75 Å². The number of allylic oxidation sites excluding steroid dienone is 1. The Balaban J connectivity index is 0.00000342. The van der Waals surface area contributed by atoms with Crippen molar-refractivity contribution in [2.75, 3.05) is 19.0 Å². The average Bonchev–Trinajstić information content (AvgIpc) is 2.83. The van der Waals surface area contributed by atoms with Gasteiger partial charge in [0.2, 0.25) is 0 Å². The minimum atomic E-state index is -0.757. The number of thioether (sulfide) groups is 1. The lowest BCUT2D eigenvalue weighted by atomic mass is 9.94. The summed E-state index contributed by atoms with van der Waals surface area (Å²) in [5, 5.41) is 3.10. The number of benzene rings is 2. The molecular formula is C25H24BrN3O5S. The summed E-state index contributed by atoms with van der Waals surface area (Å²) in [6, 6.07) is 15.3. The number of carbonyl (C=O) groups excluding carboxylic acids is 3. The van der Waals surface area contributed by atoms with Crippen LogP contribution in [0.4, 0.5) is 5.69 Å². The summed E-state index contributed by atoms with van der Waals surface area (Å²) in [5.74, 6) is -0.763. The topological polar surface area (TPSA) is 97.3 Å².